The minimum Gasteiger partial charge on any atom is -0.323 e. The first-order valence-electron chi connectivity index (χ1n) is 5.20. The number of nitrogens with zero attached hydrogens (tertiary/aromatic N) is 3. The highest BCUT2D eigenvalue weighted by Crippen LogP contribution is 2.23. The summed E-state index contributed by atoms with van der Waals surface area (Å²) in [6.45, 7) is 1.66. The van der Waals surface area contributed by atoms with Crippen LogP contribution in [0.3, 0.4) is 0 Å². The maximum absolute atomic E-state index is 12.3. The average molecular weight is 269 g/mol. The molecule has 1 aromatic heterocycles. The molecule has 1 atom stereocenters. The Bertz CT molecular complexity index is 552. The molecule has 18 heavy (non-hydrogen) atoms. The number of nitrogens with one attached hydrogen (secondary N) is 1. The smallest absolute Gasteiger partial charge is 0.246 e. The first-order valence-corrected chi connectivity index (χ1v) is 6.64. The summed E-state index contributed by atoms with van der Waals surface area (Å²) >= 11 is 0. The molecule has 0 spiro atoms. The highest BCUT2D eigenvalue weighted by molar-refractivity contribution is 7.89. The number of sulfonamides is 1. The summed E-state index contributed by atoms with van der Waals surface area (Å²) < 4.78 is 25.8. The van der Waals surface area contributed by atoms with Crippen molar-refractivity contribution in [3.8, 4) is 6.07 Å². The molecule has 0 aromatic carbocycles. The Labute approximate surface area is 106 Å². The number of aromatic nitrogens is 1. The van der Waals surface area contributed by atoms with Crippen molar-refractivity contribution < 1.29 is 8.42 Å². The minimum atomic E-state index is -3.73. The second-order valence-electron chi connectivity index (χ2n) is 3.75. The van der Waals surface area contributed by atoms with Crippen LogP contribution in [0.1, 0.15) is 13.3 Å². The normalized spacial score (nSPS) is 13.1. The van der Waals surface area contributed by atoms with Gasteiger partial charge in [0.05, 0.1) is 18.2 Å². The zero-order chi connectivity index (χ0) is 13.8. The quantitative estimate of drug-likeness (QED) is 0.587. The predicted molar refractivity (Wildman–Crippen MR) is 66.7 cm³/mol. The van der Waals surface area contributed by atoms with Gasteiger partial charge in [0.25, 0.3) is 0 Å². The van der Waals surface area contributed by atoms with E-state index in [1.54, 1.807) is 6.92 Å². The van der Waals surface area contributed by atoms with Gasteiger partial charge < -0.3 is 5.43 Å². The topological polar surface area (TPSA) is 112 Å². The summed E-state index contributed by atoms with van der Waals surface area (Å²) in [4.78, 5) is 3.77. The molecular weight excluding hydrogens is 254 g/mol. The molecule has 98 valence electrons. The van der Waals surface area contributed by atoms with Crippen molar-refractivity contribution in [3.63, 3.8) is 0 Å². The SMILES string of the molecule is CC(CC#N)N(C)S(=O)(=O)c1cnccc1NN. The van der Waals surface area contributed by atoms with E-state index in [4.69, 9.17) is 11.1 Å². The van der Waals surface area contributed by atoms with Gasteiger partial charge in [0.1, 0.15) is 4.90 Å². The summed E-state index contributed by atoms with van der Waals surface area (Å²) in [5.74, 6) is 5.27. The van der Waals surface area contributed by atoms with E-state index in [0.29, 0.717) is 0 Å². The summed E-state index contributed by atoms with van der Waals surface area (Å²) in [5.41, 5.74) is 2.58. The van der Waals surface area contributed by atoms with Gasteiger partial charge in [-0.05, 0) is 13.0 Å². The second-order valence-corrected chi connectivity index (χ2v) is 5.71. The van der Waals surface area contributed by atoms with E-state index in [0.717, 1.165) is 4.31 Å². The summed E-state index contributed by atoms with van der Waals surface area (Å²) in [5, 5.41) is 8.61. The van der Waals surface area contributed by atoms with Crippen LogP contribution >= 0.6 is 0 Å². The molecule has 0 saturated carbocycles. The number of anilines is 1. The highest BCUT2D eigenvalue weighted by Gasteiger charge is 2.27. The largest absolute Gasteiger partial charge is 0.323 e. The fourth-order valence-corrected chi connectivity index (χ4v) is 2.81. The van der Waals surface area contributed by atoms with Crippen LogP contribution in [0, 0.1) is 11.3 Å². The molecule has 1 aromatic rings. The number of rotatable bonds is 5. The molecule has 1 unspecified atom stereocenters. The number of hydrazine groups is 1. The van der Waals surface area contributed by atoms with E-state index >= 15 is 0 Å². The van der Waals surface area contributed by atoms with Crippen LogP contribution in [0.5, 0.6) is 0 Å². The second kappa shape index (κ2) is 5.77. The number of nitriles is 1. The van der Waals surface area contributed by atoms with E-state index in [-0.39, 0.29) is 17.0 Å². The van der Waals surface area contributed by atoms with Gasteiger partial charge >= 0.3 is 0 Å². The van der Waals surface area contributed by atoms with E-state index < -0.39 is 16.1 Å². The average Bonchev–Trinajstić information content (AvgIpc) is 2.38. The molecule has 7 nitrogen and oxygen atoms in total. The fourth-order valence-electron chi connectivity index (χ4n) is 1.36. The van der Waals surface area contributed by atoms with Gasteiger partial charge in [-0.2, -0.15) is 9.57 Å². The molecule has 0 saturated heterocycles. The molecule has 0 bridgehead atoms. The third-order valence-electron chi connectivity index (χ3n) is 2.60. The zero-order valence-corrected chi connectivity index (χ0v) is 11.0. The van der Waals surface area contributed by atoms with E-state index in [2.05, 4.69) is 10.4 Å². The van der Waals surface area contributed by atoms with Crippen molar-refractivity contribution in [1.29, 1.82) is 5.26 Å². The van der Waals surface area contributed by atoms with Crippen LogP contribution in [0.25, 0.3) is 0 Å². The van der Waals surface area contributed by atoms with Gasteiger partial charge in [0.15, 0.2) is 0 Å². The molecule has 0 aliphatic rings. The summed E-state index contributed by atoms with van der Waals surface area (Å²) in [6.07, 6.45) is 2.77. The van der Waals surface area contributed by atoms with Gasteiger partial charge in [-0.15, -0.1) is 0 Å². The molecule has 8 heteroatoms. The fraction of sp³-hybridized carbons (Fsp3) is 0.400. The first-order chi connectivity index (χ1) is 8.45. The lowest BCUT2D eigenvalue weighted by Gasteiger charge is -2.23. The minimum absolute atomic E-state index is 0.0141. The lowest BCUT2D eigenvalue weighted by atomic mass is 10.3. The Morgan fingerprint density at radius 1 is 1.67 bits per heavy atom. The molecule has 1 rings (SSSR count). The maximum Gasteiger partial charge on any atom is 0.246 e. The van der Waals surface area contributed by atoms with E-state index in [1.807, 2.05) is 6.07 Å². The standard InChI is InChI=1S/C10H15N5O2S/c1-8(3-5-11)15(2)18(16,17)10-7-13-6-4-9(10)14-12/h4,6-8H,3,12H2,1-2H3,(H,13,14). The van der Waals surface area contributed by atoms with Crippen LogP contribution in [-0.4, -0.2) is 30.8 Å². The molecule has 0 aliphatic carbocycles. The highest BCUT2D eigenvalue weighted by atomic mass is 32.2. The molecule has 0 radical (unpaired) electrons. The summed E-state index contributed by atoms with van der Waals surface area (Å²) in [7, 11) is -2.30. The van der Waals surface area contributed by atoms with Crippen molar-refractivity contribution in [2.75, 3.05) is 12.5 Å². The Morgan fingerprint density at radius 3 is 2.89 bits per heavy atom. The number of nitrogens with two attached hydrogens (primary N) is 1. The van der Waals surface area contributed by atoms with Gasteiger partial charge in [-0.3, -0.25) is 10.8 Å². The maximum atomic E-state index is 12.3. The third-order valence-corrected chi connectivity index (χ3v) is 4.60. The van der Waals surface area contributed by atoms with Crippen LogP contribution < -0.4 is 11.3 Å². The van der Waals surface area contributed by atoms with Crippen molar-refractivity contribution in [2.45, 2.75) is 24.3 Å². The lowest BCUT2D eigenvalue weighted by Crippen LogP contribution is -2.35. The molecule has 0 amide bonds. The lowest BCUT2D eigenvalue weighted by molar-refractivity contribution is 0.393. The predicted octanol–water partition coefficient (Wildman–Crippen LogP) is 0.290. The van der Waals surface area contributed by atoms with Crippen molar-refractivity contribution in [1.82, 2.24) is 9.29 Å². The van der Waals surface area contributed by atoms with Gasteiger partial charge in [-0.25, -0.2) is 8.42 Å². The number of hydrogen-bond acceptors (Lipinski definition) is 6. The van der Waals surface area contributed by atoms with Crippen molar-refractivity contribution in [3.05, 3.63) is 18.5 Å². The Morgan fingerprint density at radius 2 is 2.33 bits per heavy atom. The number of hydrogen-bond donors (Lipinski definition) is 2. The van der Waals surface area contributed by atoms with Crippen LogP contribution in [0.2, 0.25) is 0 Å². The molecule has 1 heterocycles. The molecular formula is C10H15N5O2S. The molecule has 0 aliphatic heterocycles. The first kappa shape index (κ1) is 14.4. The third kappa shape index (κ3) is 2.76. The number of pyridine rings is 1. The Kier molecular flexibility index (Phi) is 4.61. The van der Waals surface area contributed by atoms with Crippen molar-refractivity contribution in [2.24, 2.45) is 5.84 Å². The Balaban J connectivity index is 3.18. The molecule has 3 N–H and O–H groups in total. The zero-order valence-electron chi connectivity index (χ0n) is 10.2. The Hall–Kier alpha value is -1.69. The van der Waals surface area contributed by atoms with Crippen LogP contribution in [-0.2, 0) is 10.0 Å². The van der Waals surface area contributed by atoms with E-state index in [1.165, 1.54) is 25.5 Å². The summed E-state index contributed by atoms with van der Waals surface area (Å²) in [6, 6.07) is 2.98. The van der Waals surface area contributed by atoms with Crippen LogP contribution in [0.15, 0.2) is 23.4 Å². The monoisotopic (exact) mass is 269 g/mol. The number of nitrogen functional groups attached to an aromatic ring is 1. The van der Waals surface area contributed by atoms with E-state index in [9.17, 15) is 8.42 Å². The van der Waals surface area contributed by atoms with Gasteiger partial charge in [0.2, 0.25) is 10.0 Å². The van der Waals surface area contributed by atoms with Crippen LogP contribution in [0.4, 0.5) is 5.69 Å². The van der Waals surface area contributed by atoms with Gasteiger partial charge in [-0.1, -0.05) is 0 Å². The molecule has 0 fully saturated rings. The van der Waals surface area contributed by atoms with Gasteiger partial charge in [0, 0.05) is 25.5 Å². The van der Waals surface area contributed by atoms with Crippen molar-refractivity contribution >= 4 is 15.7 Å².